The van der Waals surface area contributed by atoms with Gasteiger partial charge in [-0.25, -0.2) is 0 Å². The van der Waals surface area contributed by atoms with E-state index in [4.69, 9.17) is 15.6 Å². The third kappa shape index (κ3) is 2.75. The lowest BCUT2D eigenvalue weighted by atomic mass is 9.96. The van der Waals surface area contributed by atoms with Crippen molar-refractivity contribution in [1.29, 1.82) is 0 Å². The summed E-state index contributed by atoms with van der Waals surface area (Å²) in [4.78, 5) is 0. The molecule has 0 aliphatic heterocycles. The van der Waals surface area contributed by atoms with E-state index in [2.05, 4.69) is 0 Å². The summed E-state index contributed by atoms with van der Waals surface area (Å²) in [7, 11) is 1.64. The Balaban J connectivity index is 0.00000162. The zero-order valence-corrected chi connectivity index (χ0v) is 11.1. The van der Waals surface area contributed by atoms with Crippen LogP contribution in [0.4, 0.5) is 0 Å². The monoisotopic (exact) mass is 267 g/mol. The van der Waals surface area contributed by atoms with Gasteiger partial charge in [-0.2, -0.15) is 0 Å². The molecule has 0 aliphatic carbocycles. The molecule has 0 saturated carbocycles. The molecule has 0 heterocycles. The first-order chi connectivity index (χ1) is 8.27. The summed E-state index contributed by atoms with van der Waals surface area (Å²) in [6, 6.07) is 11.8. The van der Waals surface area contributed by atoms with Crippen molar-refractivity contribution in [3.63, 3.8) is 0 Å². The zero-order chi connectivity index (χ0) is 12.3. The largest absolute Gasteiger partial charge is 0.496 e. The van der Waals surface area contributed by atoms with Gasteiger partial charge >= 0.3 is 0 Å². The third-order valence-electron chi connectivity index (χ3n) is 2.96. The van der Waals surface area contributed by atoms with Crippen LogP contribution >= 0.6 is 12.4 Å². The highest BCUT2D eigenvalue weighted by atomic mass is 35.5. The van der Waals surface area contributed by atoms with Gasteiger partial charge in [0.25, 0.3) is 0 Å². The highest BCUT2D eigenvalue weighted by Gasteiger charge is 2.14. The predicted molar refractivity (Wildman–Crippen MR) is 76.4 cm³/mol. The molecular formula is C14H18ClNO2. The molecule has 1 atom stereocenters. The van der Waals surface area contributed by atoms with Crippen LogP contribution in [0.25, 0.3) is 10.8 Å². The number of nitrogens with two attached hydrogens (primary N) is 1. The Hall–Kier alpha value is -1.29. The number of fused-ring (bicyclic) bond motifs is 1. The lowest BCUT2D eigenvalue weighted by molar-refractivity contribution is 0.275. The molecular weight excluding hydrogens is 250 g/mol. The van der Waals surface area contributed by atoms with Gasteiger partial charge in [-0.3, -0.25) is 0 Å². The molecule has 0 spiro atoms. The minimum absolute atomic E-state index is 0. The highest BCUT2D eigenvalue weighted by molar-refractivity contribution is 5.88. The first kappa shape index (κ1) is 14.8. The van der Waals surface area contributed by atoms with E-state index in [1.54, 1.807) is 7.11 Å². The fraction of sp³-hybridized carbons (Fsp3) is 0.286. The van der Waals surface area contributed by atoms with Gasteiger partial charge in [0, 0.05) is 18.2 Å². The molecule has 1 unspecified atom stereocenters. The fourth-order valence-corrected chi connectivity index (χ4v) is 2.12. The quantitative estimate of drug-likeness (QED) is 0.895. The number of hydrogen-bond acceptors (Lipinski definition) is 3. The van der Waals surface area contributed by atoms with Crippen molar-refractivity contribution in [2.45, 2.75) is 12.5 Å². The number of hydrogen-bond donors (Lipinski definition) is 2. The summed E-state index contributed by atoms with van der Waals surface area (Å²) >= 11 is 0. The van der Waals surface area contributed by atoms with Crippen LogP contribution in [0.15, 0.2) is 36.4 Å². The number of benzene rings is 2. The molecule has 0 amide bonds. The van der Waals surface area contributed by atoms with Crippen LogP contribution in [0.1, 0.15) is 18.0 Å². The Bertz CT molecular complexity index is 516. The Morgan fingerprint density at radius 3 is 2.61 bits per heavy atom. The predicted octanol–water partition coefficient (Wildman–Crippen LogP) is 2.65. The van der Waals surface area contributed by atoms with Crippen LogP contribution in [0.3, 0.4) is 0 Å². The molecule has 2 aromatic rings. The van der Waals surface area contributed by atoms with Crippen LogP contribution in [0.2, 0.25) is 0 Å². The van der Waals surface area contributed by atoms with E-state index in [0.717, 1.165) is 22.1 Å². The Morgan fingerprint density at radius 1 is 1.22 bits per heavy atom. The van der Waals surface area contributed by atoms with Gasteiger partial charge in [-0.15, -0.1) is 12.4 Å². The van der Waals surface area contributed by atoms with Crippen LogP contribution in [-0.4, -0.2) is 18.8 Å². The van der Waals surface area contributed by atoms with E-state index in [9.17, 15) is 0 Å². The lowest BCUT2D eigenvalue weighted by Gasteiger charge is -2.17. The van der Waals surface area contributed by atoms with Crippen molar-refractivity contribution in [1.82, 2.24) is 0 Å². The van der Waals surface area contributed by atoms with Crippen LogP contribution < -0.4 is 10.5 Å². The maximum absolute atomic E-state index is 9.01. The minimum atomic E-state index is -0.207. The first-order valence-electron chi connectivity index (χ1n) is 5.70. The van der Waals surface area contributed by atoms with E-state index in [-0.39, 0.29) is 25.1 Å². The number of halogens is 1. The van der Waals surface area contributed by atoms with E-state index in [0.29, 0.717) is 6.42 Å². The van der Waals surface area contributed by atoms with Gasteiger partial charge in [-0.05, 0) is 23.3 Å². The zero-order valence-electron chi connectivity index (χ0n) is 10.3. The summed E-state index contributed by atoms with van der Waals surface area (Å²) in [5, 5.41) is 11.2. The van der Waals surface area contributed by atoms with E-state index in [1.807, 2.05) is 36.4 Å². The topological polar surface area (TPSA) is 55.5 Å². The maximum atomic E-state index is 9.01. The van der Waals surface area contributed by atoms with Crippen molar-refractivity contribution >= 4 is 23.2 Å². The molecule has 2 rings (SSSR count). The van der Waals surface area contributed by atoms with E-state index in [1.165, 1.54) is 0 Å². The standard InChI is InChI=1S/C14H17NO2.ClH/c1-17-13-7-6-10-4-2-3-5-11(10)14(13)12(15)8-9-16;/h2-7,12,16H,8-9,15H2,1H3;1H. The van der Waals surface area contributed by atoms with Gasteiger partial charge in [0.15, 0.2) is 0 Å². The van der Waals surface area contributed by atoms with Gasteiger partial charge in [-0.1, -0.05) is 30.3 Å². The van der Waals surface area contributed by atoms with Crippen LogP contribution in [0.5, 0.6) is 5.75 Å². The summed E-state index contributed by atoms with van der Waals surface area (Å²) in [5.74, 6) is 0.782. The normalized spacial score (nSPS) is 11.9. The number of aliphatic hydroxyl groups excluding tert-OH is 1. The second-order valence-electron chi connectivity index (χ2n) is 4.02. The maximum Gasteiger partial charge on any atom is 0.124 e. The molecule has 3 N–H and O–H groups in total. The molecule has 0 bridgehead atoms. The van der Waals surface area contributed by atoms with Crippen molar-refractivity contribution in [3.05, 3.63) is 42.0 Å². The molecule has 2 aromatic carbocycles. The van der Waals surface area contributed by atoms with Gasteiger partial charge < -0.3 is 15.6 Å². The molecule has 0 fully saturated rings. The first-order valence-corrected chi connectivity index (χ1v) is 5.70. The molecule has 4 heteroatoms. The van der Waals surface area contributed by atoms with Crippen LogP contribution in [-0.2, 0) is 0 Å². The molecule has 18 heavy (non-hydrogen) atoms. The number of rotatable bonds is 4. The number of methoxy groups -OCH3 is 1. The molecule has 0 saturated heterocycles. The van der Waals surface area contributed by atoms with E-state index >= 15 is 0 Å². The van der Waals surface area contributed by atoms with Crippen molar-refractivity contribution in [2.75, 3.05) is 13.7 Å². The summed E-state index contributed by atoms with van der Waals surface area (Å²) in [5.41, 5.74) is 7.08. The van der Waals surface area contributed by atoms with Crippen molar-refractivity contribution in [2.24, 2.45) is 5.73 Å². The molecule has 0 aromatic heterocycles. The number of aliphatic hydroxyl groups is 1. The fourth-order valence-electron chi connectivity index (χ4n) is 2.12. The van der Waals surface area contributed by atoms with Crippen molar-refractivity contribution < 1.29 is 9.84 Å². The van der Waals surface area contributed by atoms with E-state index < -0.39 is 0 Å². The smallest absolute Gasteiger partial charge is 0.124 e. The van der Waals surface area contributed by atoms with Crippen molar-refractivity contribution in [3.8, 4) is 5.75 Å². The average molecular weight is 268 g/mol. The lowest BCUT2D eigenvalue weighted by Crippen LogP contribution is -2.13. The Labute approximate surface area is 113 Å². The van der Waals surface area contributed by atoms with Crippen LogP contribution in [0, 0.1) is 0 Å². The molecule has 0 radical (unpaired) electrons. The Kier molecular flexibility index (Phi) is 5.41. The van der Waals surface area contributed by atoms with Gasteiger partial charge in [0.2, 0.25) is 0 Å². The molecule has 0 aliphatic rings. The summed E-state index contributed by atoms with van der Waals surface area (Å²) < 4.78 is 5.36. The molecule has 3 nitrogen and oxygen atoms in total. The van der Waals surface area contributed by atoms with Gasteiger partial charge in [0.05, 0.1) is 7.11 Å². The summed E-state index contributed by atoms with van der Waals surface area (Å²) in [6.45, 7) is 0.0769. The SMILES string of the molecule is COc1ccc2ccccc2c1C(N)CCO.Cl. The second-order valence-corrected chi connectivity index (χ2v) is 4.02. The third-order valence-corrected chi connectivity index (χ3v) is 2.96. The average Bonchev–Trinajstić information content (AvgIpc) is 2.37. The highest BCUT2D eigenvalue weighted by Crippen LogP contribution is 2.33. The minimum Gasteiger partial charge on any atom is -0.496 e. The number of ether oxygens (including phenoxy) is 1. The second kappa shape index (κ2) is 6.59. The Morgan fingerprint density at radius 2 is 1.94 bits per heavy atom. The summed E-state index contributed by atoms with van der Waals surface area (Å²) in [6.07, 6.45) is 0.532. The van der Waals surface area contributed by atoms with Gasteiger partial charge in [0.1, 0.15) is 5.75 Å². The molecule has 98 valence electrons.